The number of halogens is 1. The van der Waals surface area contributed by atoms with Crippen molar-refractivity contribution in [2.75, 3.05) is 5.32 Å². The van der Waals surface area contributed by atoms with Crippen molar-refractivity contribution in [3.05, 3.63) is 70.9 Å². The van der Waals surface area contributed by atoms with Crippen LogP contribution in [0.1, 0.15) is 5.56 Å². The van der Waals surface area contributed by atoms with Crippen LogP contribution in [-0.4, -0.2) is 14.6 Å². The van der Waals surface area contributed by atoms with E-state index in [1.807, 2.05) is 17.6 Å². The van der Waals surface area contributed by atoms with Crippen LogP contribution < -0.4 is 5.32 Å². The summed E-state index contributed by atoms with van der Waals surface area (Å²) in [6.45, 7) is 0.590. The Morgan fingerprint density at radius 1 is 1.13 bits per heavy atom. The molecule has 0 spiro atoms. The van der Waals surface area contributed by atoms with Crippen molar-refractivity contribution in [3.8, 4) is 11.1 Å². The highest BCUT2D eigenvalue weighted by Crippen LogP contribution is 2.26. The highest BCUT2D eigenvalue weighted by atomic mass is 32.1. The summed E-state index contributed by atoms with van der Waals surface area (Å²) >= 11 is 1.65. The van der Waals surface area contributed by atoms with Crippen molar-refractivity contribution < 1.29 is 4.39 Å². The molecule has 3 aromatic heterocycles. The summed E-state index contributed by atoms with van der Waals surface area (Å²) in [5, 5.41) is 11.9. The number of rotatable bonds is 4. The number of nitrogens with zero attached hydrogens (tertiary/aromatic N) is 3. The molecule has 0 aliphatic heterocycles. The lowest BCUT2D eigenvalue weighted by Gasteiger charge is -2.08. The molecule has 6 heteroatoms. The third kappa shape index (κ3) is 2.68. The van der Waals surface area contributed by atoms with Gasteiger partial charge in [-0.1, -0.05) is 12.1 Å². The molecule has 0 bridgehead atoms. The Labute approximate surface area is 136 Å². The van der Waals surface area contributed by atoms with Crippen LogP contribution in [0.3, 0.4) is 0 Å². The molecule has 0 amide bonds. The molecule has 0 saturated carbocycles. The van der Waals surface area contributed by atoms with E-state index >= 15 is 0 Å². The number of hydrogen-bond donors (Lipinski definition) is 1. The van der Waals surface area contributed by atoms with Gasteiger partial charge < -0.3 is 5.32 Å². The van der Waals surface area contributed by atoms with Crippen LogP contribution in [-0.2, 0) is 6.54 Å². The average molecular weight is 324 g/mol. The Balaban J connectivity index is 1.64. The Bertz CT molecular complexity index is 929. The van der Waals surface area contributed by atoms with Crippen LogP contribution in [0, 0.1) is 5.82 Å². The van der Waals surface area contributed by atoms with Gasteiger partial charge in [0.1, 0.15) is 11.6 Å². The molecule has 0 atom stereocenters. The fourth-order valence-electron chi connectivity index (χ4n) is 2.44. The minimum absolute atomic E-state index is 0.229. The Hall–Kier alpha value is -2.73. The van der Waals surface area contributed by atoms with Crippen LogP contribution in [0.2, 0.25) is 0 Å². The van der Waals surface area contributed by atoms with Gasteiger partial charge in [0.15, 0.2) is 5.65 Å². The number of anilines is 1. The minimum Gasteiger partial charge on any atom is -0.366 e. The van der Waals surface area contributed by atoms with Crippen molar-refractivity contribution in [1.82, 2.24) is 14.6 Å². The fourth-order valence-corrected chi connectivity index (χ4v) is 3.10. The second-order valence-electron chi connectivity index (χ2n) is 5.12. The van der Waals surface area contributed by atoms with Crippen LogP contribution in [0.15, 0.2) is 59.6 Å². The number of benzene rings is 1. The van der Waals surface area contributed by atoms with E-state index < -0.39 is 0 Å². The zero-order valence-corrected chi connectivity index (χ0v) is 12.9. The molecule has 4 nitrogen and oxygen atoms in total. The molecule has 23 heavy (non-hydrogen) atoms. The molecule has 1 aromatic carbocycles. The largest absolute Gasteiger partial charge is 0.366 e. The zero-order chi connectivity index (χ0) is 15.6. The van der Waals surface area contributed by atoms with Gasteiger partial charge in [-0.3, -0.25) is 0 Å². The standard InChI is InChI=1S/C17H13FN4S/c18-14-3-1-12(2-4-14)9-20-16-5-7-19-17-15(10-21-22(16)17)13-6-8-23-11-13/h1-8,10-11,20H,9H2. The monoisotopic (exact) mass is 324 g/mol. The van der Waals surface area contributed by atoms with E-state index in [0.29, 0.717) is 6.54 Å². The number of hydrogen-bond acceptors (Lipinski definition) is 4. The molecule has 4 rings (SSSR count). The predicted octanol–water partition coefficient (Wildman–Crippen LogP) is 4.21. The molecule has 0 fully saturated rings. The van der Waals surface area contributed by atoms with Gasteiger partial charge in [-0.15, -0.1) is 0 Å². The lowest BCUT2D eigenvalue weighted by Crippen LogP contribution is -2.05. The van der Waals surface area contributed by atoms with E-state index in [2.05, 4.69) is 26.8 Å². The summed E-state index contributed by atoms with van der Waals surface area (Å²) in [7, 11) is 0. The molecule has 3 heterocycles. The summed E-state index contributed by atoms with van der Waals surface area (Å²) in [5.74, 6) is 0.619. The molecular weight excluding hydrogens is 311 g/mol. The van der Waals surface area contributed by atoms with Gasteiger partial charge in [0.2, 0.25) is 0 Å². The Morgan fingerprint density at radius 3 is 2.78 bits per heavy atom. The molecule has 0 radical (unpaired) electrons. The first-order chi connectivity index (χ1) is 11.3. The number of aromatic nitrogens is 3. The van der Waals surface area contributed by atoms with E-state index in [1.54, 1.807) is 34.2 Å². The molecule has 0 aliphatic carbocycles. The van der Waals surface area contributed by atoms with Crippen molar-refractivity contribution in [2.45, 2.75) is 6.54 Å². The van der Waals surface area contributed by atoms with E-state index in [1.165, 1.54) is 12.1 Å². The minimum atomic E-state index is -0.229. The SMILES string of the molecule is Fc1ccc(CNc2ccnc3c(-c4ccsc4)cnn23)cc1. The first-order valence-corrected chi connectivity index (χ1v) is 8.09. The quantitative estimate of drug-likeness (QED) is 0.611. The lowest BCUT2D eigenvalue weighted by molar-refractivity contribution is 0.627. The van der Waals surface area contributed by atoms with Gasteiger partial charge in [0.05, 0.1) is 6.20 Å². The summed E-state index contributed by atoms with van der Waals surface area (Å²) < 4.78 is 14.7. The summed E-state index contributed by atoms with van der Waals surface area (Å²) in [6, 6.07) is 10.4. The van der Waals surface area contributed by atoms with E-state index in [0.717, 1.165) is 28.2 Å². The first-order valence-electron chi connectivity index (χ1n) is 7.15. The third-order valence-electron chi connectivity index (χ3n) is 3.62. The maximum absolute atomic E-state index is 13.0. The van der Waals surface area contributed by atoms with Gasteiger partial charge in [-0.05, 0) is 46.2 Å². The van der Waals surface area contributed by atoms with Crippen LogP contribution in [0.4, 0.5) is 10.2 Å². The molecule has 0 aliphatic rings. The predicted molar refractivity (Wildman–Crippen MR) is 90.0 cm³/mol. The molecule has 1 N–H and O–H groups in total. The zero-order valence-electron chi connectivity index (χ0n) is 12.1. The van der Waals surface area contributed by atoms with Crippen molar-refractivity contribution in [3.63, 3.8) is 0 Å². The van der Waals surface area contributed by atoms with Crippen molar-refractivity contribution in [2.24, 2.45) is 0 Å². The van der Waals surface area contributed by atoms with Gasteiger partial charge >= 0.3 is 0 Å². The number of nitrogens with one attached hydrogen (secondary N) is 1. The maximum atomic E-state index is 13.0. The Kier molecular flexibility index (Phi) is 3.51. The van der Waals surface area contributed by atoms with Gasteiger partial charge in [0.25, 0.3) is 0 Å². The van der Waals surface area contributed by atoms with Crippen molar-refractivity contribution >= 4 is 22.8 Å². The van der Waals surface area contributed by atoms with Crippen molar-refractivity contribution in [1.29, 1.82) is 0 Å². The van der Waals surface area contributed by atoms with Gasteiger partial charge in [0, 0.05) is 18.3 Å². The van der Waals surface area contributed by atoms with Crippen LogP contribution >= 0.6 is 11.3 Å². The lowest BCUT2D eigenvalue weighted by atomic mass is 10.2. The number of fused-ring (bicyclic) bond motifs is 1. The topological polar surface area (TPSA) is 42.2 Å². The smallest absolute Gasteiger partial charge is 0.165 e. The molecule has 0 saturated heterocycles. The third-order valence-corrected chi connectivity index (χ3v) is 4.30. The van der Waals surface area contributed by atoms with Crippen LogP contribution in [0.5, 0.6) is 0 Å². The van der Waals surface area contributed by atoms with Crippen LogP contribution in [0.25, 0.3) is 16.8 Å². The second-order valence-corrected chi connectivity index (χ2v) is 5.90. The van der Waals surface area contributed by atoms with E-state index in [9.17, 15) is 4.39 Å². The summed E-state index contributed by atoms with van der Waals surface area (Å²) in [4.78, 5) is 4.44. The highest BCUT2D eigenvalue weighted by Gasteiger charge is 2.10. The van der Waals surface area contributed by atoms with Gasteiger partial charge in [-0.2, -0.15) is 21.0 Å². The number of thiophene rings is 1. The average Bonchev–Trinajstić information content (AvgIpc) is 3.23. The molecule has 0 unspecified atom stereocenters. The fraction of sp³-hybridized carbons (Fsp3) is 0.0588. The summed E-state index contributed by atoms with van der Waals surface area (Å²) in [6.07, 6.45) is 3.59. The van der Waals surface area contributed by atoms with E-state index in [4.69, 9.17) is 0 Å². The second kappa shape index (κ2) is 5.81. The highest BCUT2D eigenvalue weighted by molar-refractivity contribution is 7.08. The van der Waals surface area contributed by atoms with Gasteiger partial charge in [-0.25, -0.2) is 9.37 Å². The Morgan fingerprint density at radius 2 is 2.00 bits per heavy atom. The van der Waals surface area contributed by atoms with E-state index in [-0.39, 0.29) is 5.82 Å². The maximum Gasteiger partial charge on any atom is 0.165 e. The molecule has 114 valence electrons. The summed E-state index contributed by atoms with van der Waals surface area (Å²) in [5.41, 5.74) is 3.94. The molecule has 4 aromatic rings. The normalized spacial score (nSPS) is 11.0. The molecular formula is C17H13FN4S. The first kappa shape index (κ1) is 13.9.